The first kappa shape index (κ1) is 20.8. The minimum Gasteiger partial charge on any atom is -0.322 e. The summed E-state index contributed by atoms with van der Waals surface area (Å²) < 4.78 is 1.89. The molecule has 7 heteroatoms. The normalized spacial score (nSPS) is 15.4. The first-order chi connectivity index (χ1) is 14.6. The average molecular weight is 424 g/mol. The number of carbonyl (C=O) groups excluding carboxylic acids is 1. The lowest BCUT2D eigenvalue weighted by Crippen LogP contribution is -2.49. The van der Waals surface area contributed by atoms with Crippen LogP contribution in [0.5, 0.6) is 0 Å². The molecular formula is C23H29N5OS. The smallest absolute Gasteiger partial charge is 0.238 e. The summed E-state index contributed by atoms with van der Waals surface area (Å²) in [5.41, 5.74) is 3.60. The fraction of sp³-hybridized carbons (Fsp3) is 0.391. The van der Waals surface area contributed by atoms with E-state index in [2.05, 4.69) is 37.7 Å². The first-order valence-electron chi connectivity index (χ1n) is 10.5. The van der Waals surface area contributed by atoms with Crippen LogP contribution in [-0.4, -0.2) is 64.8 Å². The van der Waals surface area contributed by atoms with E-state index < -0.39 is 0 Å². The summed E-state index contributed by atoms with van der Waals surface area (Å²) in [6.45, 7) is 9.35. The average Bonchev–Trinajstić information content (AvgIpc) is 3.38. The fourth-order valence-corrected chi connectivity index (χ4v) is 4.62. The predicted octanol–water partition coefficient (Wildman–Crippen LogP) is 3.35. The standard InChI is InChI=1S/C23H29N5OS/c1-18-23(19(2)28(25-18)20-7-4-3-5-8-20)24-22(29)17-27-14-12-26(13-15-27)11-10-21-9-6-16-30-21/h3-9,16H,10-15,17H2,1-2H3,(H,24,29). The molecule has 6 nitrogen and oxygen atoms in total. The summed E-state index contributed by atoms with van der Waals surface area (Å²) in [5.74, 6) is 0.0286. The maximum absolute atomic E-state index is 12.7. The van der Waals surface area contributed by atoms with Gasteiger partial charge in [-0.15, -0.1) is 11.3 Å². The van der Waals surface area contributed by atoms with Crippen LogP contribution in [0.4, 0.5) is 5.69 Å². The van der Waals surface area contributed by atoms with Gasteiger partial charge in [0.05, 0.1) is 29.3 Å². The van der Waals surface area contributed by atoms with Gasteiger partial charge in [-0.2, -0.15) is 5.10 Å². The van der Waals surface area contributed by atoms with E-state index in [0.717, 1.165) is 61.9 Å². The summed E-state index contributed by atoms with van der Waals surface area (Å²) in [4.78, 5) is 18.9. The Kier molecular flexibility index (Phi) is 6.62. The number of hydrogen-bond donors (Lipinski definition) is 1. The van der Waals surface area contributed by atoms with E-state index in [1.54, 1.807) is 0 Å². The molecular weight excluding hydrogens is 394 g/mol. The van der Waals surface area contributed by atoms with Crippen molar-refractivity contribution >= 4 is 22.9 Å². The first-order valence-corrected chi connectivity index (χ1v) is 11.4. The third kappa shape index (κ3) is 4.98. The van der Waals surface area contributed by atoms with Crippen LogP contribution in [0.2, 0.25) is 0 Å². The number of piperazine rings is 1. The molecule has 1 saturated heterocycles. The maximum atomic E-state index is 12.7. The monoisotopic (exact) mass is 423 g/mol. The molecule has 0 bridgehead atoms. The van der Waals surface area contributed by atoms with Crippen molar-refractivity contribution < 1.29 is 4.79 Å². The second kappa shape index (κ2) is 9.55. The van der Waals surface area contributed by atoms with Crippen molar-refractivity contribution in [1.82, 2.24) is 19.6 Å². The minimum atomic E-state index is 0.0286. The number of aryl methyl sites for hydroxylation is 1. The van der Waals surface area contributed by atoms with Crippen LogP contribution in [0.15, 0.2) is 47.8 Å². The van der Waals surface area contributed by atoms with Crippen molar-refractivity contribution in [2.24, 2.45) is 0 Å². The molecule has 0 unspecified atom stereocenters. The SMILES string of the molecule is Cc1nn(-c2ccccc2)c(C)c1NC(=O)CN1CCN(CCc2cccs2)CC1. The molecule has 1 aliphatic rings. The number of anilines is 1. The van der Waals surface area contributed by atoms with Gasteiger partial charge in [0.2, 0.25) is 5.91 Å². The number of thiophene rings is 1. The zero-order chi connectivity index (χ0) is 20.9. The van der Waals surface area contributed by atoms with E-state index >= 15 is 0 Å². The Hall–Kier alpha value is -2.48. The molecule has 0 spiro atoms. The second-order valence-electron chi connectivity index (χ2n) is 7.79. The van der Waals surface area contributed by atoms with E-state index in [-0.39, 0.29) is 5.91 Å². The Morgan fingerprint density at radius 2 is 1.77 bits per heavy atom. The Balaban J connectivity index is 1.28. The molecule has 0 aliphatic carbocycles. The predicted molar refractivity (Wildman–Crippen MR) is 123 cm³/mol. The van der Waals surface area contributed by atoms with Crippen LogP contribution >= 0.6 is 11.3 Å². The summed E-state index contributed by atoms with van der Waals surface area (Å²) in [5, 5.41) is 9.85. The zero-order valence-electron chi connectivity index (χ0n) is 17.7. The quantitative estimate of drug-likeness (QED) is 0.633. The van der Waals surface area contributed by atoms with Gasteiger partial charge >= 0.3 is 0 Å². The van der Waals surface area contributed by atoms with Crippen molar-refractivity contribution in [3.63, 3.8) is 0 Å². The molecule has 158 valence electrons. The van der Waals surface area contributed by atoms with Crippen molar-refractivity contribution in [2.75, 3.05) is 44.6 Å². The van der Waals surface area contributed by atoms with Gasteiger partial charge in [-0.1, -0.05) is 24.3 Å². The Morgan fingerprint density at radius 1 is 1.03 bits per heavy atom. The van der Waals surface area contributed by atoms with Crippen molar-refractivity contribution in [1.29, 1.82) is 0 Å². The third-order valence-electron chi connectivity index (χ3n) is 5.64. The van der Waals surface area contributed by atoms with Crippen molar-refractivity contribution in [3.8, 4) is 5.69 Å². The Morgan fingerprint density at radius 3 is 2.47 bits per heavy atom. The number of rotatable bonds is 7. The molecule has 4 rings (SSSR count). The molecule has 0 atom stereocenters. The largest absolute Gasteiger partial charge is 0.322 e. The molecule has 1 aliphatic heterocycles. The van der Waals surface area contributed by atoms with Crippen molar-refractivity contribution in [3.05, 3.63) is 64.1 Å². The number of hydrogen-bond acceptors (Lipinski definition) is 5. The number of aromatic nitrogens is 2. The van der Waals surface area contributed by atoms with Gasteiger partial charge in [0.25, 0.3) is 0 Å². The molecule has 1 fully saturated rings. The molecule has 1 aromatic carbocycles. The van der Waals surface area contributed by atoms with Crippen LogP contribution in [0.3, 0.4) is 0 Å². The number of nitrogens with one attached hydrogen (secondary N) is 1. The van der Waals surface area contributed by atoms with Crippen molar-refractivity contribution in [2.45, 2.75) is 20.3 Å². The topological polar surface area (TPSA) is 53.4 Å². The molecule has 2 aromatic heterocycles. The second-order valence-corrected chi connectivity index (χ2v) is 8.82. The van der Waals surface area contributed by atoms with E-state index in [1.165, 1.54) is 4.88 Å². The van der Waals surface area contributed by atoms with Gasteiger partial charge in [-0.05, 0) is 43.8 Å². The Labute approximate surface area is 182 Å². The van der Waals surface area contributed by atoms with Crippen LogP contribution in [0.1, 0.15) is 16.3 Å². The number of amides is 1. The van der Waals surface area contributed by atoms with Gasteiger partial charge in [0.15, 0.2) is 0 Å². The molecule has 3 aromatic rings. The lowest BCUT2D eigenvalue weighted by Gasteiger charge is -2.34. The molecule has 0 radical (unpaired) electrons. The highest BCUT2D eigenvalue weighted by Gasteiger charge is 2.21. The molecule has 1 amide bonds. The maximum Gasteiger partial charge on any atom is 0.238 e. The minimum absolute atomic E-state index is 0.0286. The number of para-hydroxylation sites is 1. The van der Waals surface area contributed by atoms with Gasteiger partial charge < -0.3 is 10.2 Å². The van der Waals surface area contributed by atoms with E-state index in [4.69, 9.17) is 0 Å². The van der Waals surface area contributed by atoms with Gasteiger partial charge in [-0.25, -0.2) is 4.68 Å². The number of carbonyl (C=O) groups is 1. The number of benzene rings is 1. The summed E-state index contributed by atoms with van der Waals surface area (Å²) in [7, 11) is 0. The van der Waals surface area contributed by atoms with E-state index in [9.17, 15) is 4.79 Å². The molecule has 0 saturated carbocycles. The van der Waals surface area contributed by atoms with Gasteiger partial charge in [0, 0.05) is 37.6 Å². The highest BCUT2D eigenvalue weighted by atomic mass is 32.1. The third-order valence-corrected chi connectivity index (χ3v) is 6.58. The molecule has 30 heavy (non-hydrogen) atoms. The summed E-state index contributed by atoms with van der Waals surface area (Å²) in [6, 6.07) is 14.3. The van der Waals surface area contributed by atoms with Gasteiger partial charge in [-0.3, -0.25) is 9.69 Å². The fourth-order valence-electron chi connectivity index (χ4n) is 3.92. The zero-order valence-corrected chi connectivity index (χ0v) is 18.5. The number of nitrogens with zero attached hydrogens (tertiary/aromatic N) is 4. The van der Waals surface area contributed by atoms with Crippen LogP contribution in [-0.2, 0) is 11.2 Å². The highest BCUT2D eigenvalue weighted by molar-refractivity contribution is 7.09. The summed E-state index contributed by atoms with van der Waals surface area (Å²) in [6.07, 6.45) is 1.11. The summed E-state index contributed by atoms with van der Waals surface area (Å²) >= 11 is 1.83. The lowest BCUT2D eigenvalue weighted by molar-refractivity contribution is -0.117. The Bertz CT molecular complexity index is 959. The van der Waals surface area contributed by atoms with E-state index in [1.807, 2.05) is 60.2 Å². The molecule has 3 heterocycles. The van der Waals surface area contributed by atoms with Gasteiger partial charge in [0.1, 0.15) is 0 Å². The van der Waals surface area contributed by atoms with E-state index in [0.29, 0.717) is 6.54 Å². The molecule has 1 N–H and O–H groups in total. The lowest BCUT2D eigenvalue weighted by atomic mass is 10.2. The van der Waals surface area contributed by atoms with Crippen LogP contribution in [0.25, 0.3) is 5.69 Å². The van der Waals surface area contributed by atoms with Crippen LogP contribution < -0.4 is 5.32 Å². The van der Waals surface area contributed by atoms with Crippen LogP contribution in [0, 0.1) is 13.8 Å². The highest BCUT2D eigenvalue weighted by Crippen LogP contribution is 2.22.